The first-order valence-corrected chi connectivity index (χ1v) is 26.9. The normalized spacial score (nSPS) is 24.2. The van der Waals surface area contributed by atoms with Gasteiger partial charge in [0.1, 0.15) is 0 Å². The Morgan fingerprint density at radius 3 is 0.783 bits per heavy atom. The van der Waals surface area contributed by atoms with Crippen LogP contribution in [-0.2, 0) is 14.5 Å². The van der Waals surface area contributed by atoms with Gasteiger partial charge < -0.3 is 31.3 Å². The van der Waals surface area contributed by atoms with Gasteiger partial charge in [-0.2, -0.15) is 30.1 Å². The number of aliphatic hydroxyl groups is 3. The zero-order chi connectivity index (χ0) is 52.4. The predicted molar refractivity (Wildman–Crippen MR) is 282 cm³/mol. The van der Waals surface area contributed by atoms with Crippen LogP contribution in [0.15, 0.2) is 0 Å². The van der Waals surface area contributed by atoms with Crippen molar-refractivity contribution in [1.29, 1.82) is 0 Å². The lowest BCUT2D eigenvalue weighted by atomic mass is 9.71. The van der Waals surface area contributed by atoms with Crippen LogP contribution in [-0.4, -0.2) is 133 Å². The number of anilines is 3. The van der Waals surface area contributed by atoms with Crippen molar-refractivity contribution in [2.24, 2.45) is 17.8 Å². The van der Waals surface area contributed by atoms with Crippen molar-refractivity contribution >= 4 is 17.8 Å². The lowest BCUT2D eigenvalue weighted by molar-refractivity contribution is -0.303. The highest BCUT2D eigenvalue weighted by atomic mass is 16.7. The second kappa shape index (κ2) is 22.3. The number of aromatic nitrogens is 3. The van der Waals surface area contributed by atoms with E-state index in [9.17, 15) is 15.3 Å². The van der Waals surface area contributed by atoms with Crippen molar-refractivity contribution in [2.45, 2.75) is 291 Å². The minimum absolute atomic E-state index is 0.0932. The minimum atomic E-state index is -0.941. The largest absolute Gasteiger partial charge is 0.388 e. The molecule has 6 N–H and O–H groups in total. The van der Waals surface area contributed by atoms with E-state index in [1.165, 1.54) is 0 Å². The molecule has 402 valence electrons. The second-order valence-electron chi connectivity index (χ2n) is 27.4. The molecular weight excluding hydrogens is 871 g/mol. The average Bonchev–Trinajstić information content (AvgIpc) is 3.13. The van der Waals surface area contributed by atoms with Gasteiger partial charge in [0.15, 0.2) is 0 Å². The molecule has 0 amide bonds. The van der Waals surface area contributed by atoms with Gasteiger partial charge in [-0.1, -0.05) is 40.0 Å². The van der Waals surface area contributed by atoms with Crippen LogP contribution in [0.5, 0.6) is 0 Å². The third-order valence-corrected chi connectivity index (χ3v) is 14.6. The number of hydrogen-bond acceptors (Lipinski definition) is 15. The Bertz CT molecular complexity index is 1500. The van der Waals surface area contributed by atoms with E-state index >= 15 is 0 Å². The number of piperidine rings is 3. The van der Waals surface area contributed by atoms with Crippen molar-refractivity contribution in [3.8, 4) is 0 Å². The monoisotopic (exact) mass is 976 g/mol. The maximum atomic E-state index is 10.6. The van der Waals surface area contributed by atoms with Crippen LogP contribution in [0.1, 0.15) is 222 Å². The summed E-state index contributed by atoms with van der Waals surface area (Å²) in [6, 6.07) is 0.279. The summed E-state index contributed by atoms with van der Waals surface area (Å²) in [4.78, 5) is 35.0. The Kier molecular flexibility index (Phi) is 19.2. The third-order valence-electron chi connectivity index (χ3n) is 14.6. The average molecular weight is 976 g/mol. The number of hydroxylamine groups is 6. The van der Waals surface area contributed by atoms with Gasteiger partial charge in [0, 0.05) is 51.4 Å². The van der Waals surface area contributed by atoms with Crippen LogP contribution >= 0.6 is 0 Å². The van der Waals surface area contributed by atoms with Crippen LogP contribution in [0.3, 0.4) is 0 Å². The Balaban J connectivity index is 1.75. The van der Waals surface area contributed by atoms with Crippen LogP contribution in [0, 0.1) is 17.8 Å². The predicted octanol–water partition coefficient (Wildman–Crippen LogP) is 10.5. The molecule has 4 rings (SSSR count). The molecule has 0 saturated carbocycles. The van der Waals surface area contributed by atoms with Crippen molar-refractivity contribution in [3.63, 3.8) is 0 Å². The molecule has 69 heavy (non-hydrogen) atoms. The first kappa shape index (κ1) is 59.6. The van der Waals surface area contributed by atoms with E-state index in [0.29, 0.717) is 35.6 Å². The first-order chi connectivity index (χ1) is 31.3. The molecule has 1 aromatic heterocycles. The summed E-state index contributed by atoms with van der Waals surface area (Å²) < 4.78 is 0. The van der Waals surface area contributed by atoms with E-state index in [-0.39, 0.29) is 71.2 Å². The zero-order valence-corrected chi connectivity index (χ0v) is 47.8. The molecule has 3 saturated heterocycles. The fourth-order valence-electron chi connectivity index (χ4n) is 12.9. The Morgan fingerprint density at radius 2 is 0.623 bits per heavy atom. The Morgan fingerprint density at radius 1 is 0.435 bits per heavy atom. The van der Waals surface area contributed by atoms with E-state index in [1.807, 2.05) is 0 Å². The lowest BCUT2D eigenvalue weighted by Gasteiger charge is -2.55. The molecule has 1 aromatic rings. The molecule has 15 nitrogen and oxygen atoms in total. The molecular formula is C54H105N9O6. The minimum Gasteiger partial charge on any atom is -0.388 e. The fourth-order valence-corrected chi connectivity index (χ4v) is 12.9. The molecule has 0 aliphatic carbocycles. The van der Waals surface area contributed by atoms with Gasteiger partial charge in [-0.3, -0.25) is 14.5 Å². The first-order valence-electron chi connectivity index (χ1n) is 26.9. The van der Waals surface area contributed by atoms with Crippen LogP contribution in [0.2, 0.25) is 0 Å². The second-order valence-corrected chi connectivity index (χ2v) is 27.4. The van der Waals surface area contributed by atoms with Gasteiger partial charge in [-0.05, 0) is 200 Å². The van der Waals surface area contributed by atoms with Gasteiger partial charge in [0.05, 0.1) is 36.6 Å². The topological polar surface area (TPSA) is 173 Å². The summed E-state index contributed by atoms with van der Waals surface area (Å²) in [5.41, 5.74) is -4.59. The molecule has 3 aliphatic heterocycles. The van der Waals surface area contributed by atoms with Gasteiger partial charge in [-0.15, -0.1) is 0 Å². The molecule has 3 atom stereocenters. The van der Waals surface area contributed by atoms with E-state index in [0.717, 1.165) is 77.0 Å². The van der Waals surface area contributed by atoms with E-state index in [2.05, 4.69) is 135 Å². The third kappa shape index (κ3) is 16.8. The Labute approximate surface area is 420 Å². The summed E-state index contributed by atoms with van der Waals surface area (Å²) in [6.45, 7) is 45.2. The summed E-state index contributed by atoms with van der Waals surface area (Å²) >= 11 is 0. The fraction of sp³-hybridized carbons (Fsp3) is 0.944. The van der Waals surface area contributed by atoms with Crippen molar-refractivity contribution in [1.82, 2.24) is 30.1 Å². The molecule has 0 spiro atoms. The molecule has 3 unspecified atom stereocenters. The maximum absolute atomic E-state index is 10.6. The molecule has 3 aliphatic rings. The quantitative estimate of drug-likeness (QED) is 0.0577. The SMILES string of the molecule is CCCC(Nc1nc(NC(CCC)C2CC(C)(C)N(OCC(C)(C)O)C(C)(C)C2)nc(NC(CCC)C2CC(C)(C)N(OCC(C)(C)O)C(C)(C)C2)n1)C1CC(C)(C)N(OCC(C)(C)O)C(C)(C)C1. The van der Waals surface area contributed by atoms with Crippen molar-refractivity contribution in [2.75, 3.05) is 35.8 Å². The highest BCUT2D eigenvalue weighted by Crippen LogP contribution is 2.47. The summed E-state index contributed by atoms with van der Waals surface area (Å²) in [5, 5.41) is 50.0. The maximum Gasteiger partial charge on any atom is 0.229 e. The highest BCUT2D eigenvalue weighted by Gasteiger charge is 2.52. The smallest absolute Gasteiger partial charge is 0.229 e. The molecule has 3 fully saturated rings. The molecule has 0 aromatic carbocycles. The van der Waals surface area contributed by atoms with E-state index in [4.69, 9.17) is 29.5 Å². The number of hydrogen-bond donors (Lipinski definition) is 6. The van der Waals surface area contributed by atoms with Gasteiger partial charge in [-0.25, -0.2) is 0 Å². The van der Waals surface area contributed by atoms with Crippen molar-refractivity contribution in [3.05, 3.63) is 0 Å². The summed E-state index contributed by atoms with van der Waals surface area (Å²) in [5.74, 6) is 2.60. The van der Waals surface area contributed by atoms with Crippen LogP contribution in [0.4, 0.5) is 17.8 Å². The number of nitrogens with one attached hydrogen (secondary N) is 3. The Hall–Kier alpha value is -1.95. The standard InChI is InChI=1S/C54H105N9O6/c1-22-25-40(37-28-46(4,5)61(47(6,7)29-37)67-34-52(16,17)64)55-43-58-44(56-41(26-23-2)38-30-48(8,9)62(49(10,11)31-38)68-35-53(18,19)65)60-45(59-43)57-42(27-24-3)39-32-50(12,13)63(51(14,15)33-39)69-36-54(20,21)66/h37-42,64-66H,22-36H2,1-21H3,(H3,55,56,57,58,59,60). The summed E-state index contributed by atoms with van der Waals surface area (Å²) in [7, 11) is 0. The molecule has 0 bridgehead atoms. The van der Waals surface area contributed by atoms with Crippen molar-refractivity contribution < 1.29 is 29.8 Å². The summed E-state index contributed by atoms with van der Waals surface area (Å²) in [6.07, 6.45) is 11.2. The van der Waals surface area contributed by atoms with E-state index in [1.54, 1.807) is 41.5 Å². The van der Waals surface area contributed by atoms with Gasteiger partial charge >= 0.3 is 0 Å². The van der Waals surface area contributed by atoms with Crippen LogP contribution in [0.25, 0.3) is 0 Å². The van der Waals surface area contributed by atoms with Gasteiger partial charge in [0.2, 0.25) is 17.8 Å². The number of rotatable bonds is 24. The molecule has 4 heterocycles. The van der Waals surface area contributed by atoms with Crippen LogP contribution < -0.4 is 16.0 Å². The molecule has 15 heteroatoms. The van der Waals surface area contributed by atoms with E-state index < -0.39 is 16.8 Å². The number of nitrogens with zero attached hydrogens (tertiary/aromatic N) is 6. The zero-order valence-electron chi connectivity index (χ0n) is 47.8. The highest BCUT2D eigenvalue weighted by molar-refractivity contribution is 5.44. The lowest BCUT2D eigenvalue weighted by Crippen LogP contribution is -2.62. The van der Waals surface area contributed by atoms with Gasteiger partial charge in [0.25, 0.3) is 0 Å². The molecule has 0 radical (unpaired) electrons.